The average Bonchev–Trinajstić information content (AvgIpc) is 3.11. The van der Waals surface area contributed by atoms with Crippen molar-refractivity contribution in [1.82, 2.24) is 10.2 Å². The minimum atomic E-state index is -0.230. The van der Waals surface area contributed by atoms with Gasteiger partial charge in [-0.15, -0.1) is 11.3 Å². The first-order valence-corrected chi connectivity index (χ1v) is 11.0. The molecule has 1 aromatic carbocycles. The number of likely N-dealkylation sites (tertiary alicyclic amines) is 1. The highest BCUT2D eigenvalue weighted by Gasteiger charge is 2.13. The van der Waals surface area contributed by atoms with Gasteiger partial charge in [-0.3, -0.25) is 9.59 Å². The number of carbonyl (C=O) groups excluding carboxylic acids is 2. The Hall–Kier alpha value is -1.89. The third-order valence-electron chi connectivity index (χ3n) is 4.86. The Balaban J connectivity index is 1.50. The molecule has 1 fully saturated rings. The topological polar surface area (TPSA) is 61.4 Å². The number of nitrogens with one attached hydrogen (secondary N) is 2. The molecule has 150 valence electrons. The molecule has 0 saturated carbocycles. The third-order valence-corrected chi connectivity index (χ3v) is 6.06. The Morgan fingerprint density at radius 2 is 1.86 bits per heavy atom. The number of anilines is 1. The predicted octanol–water partition coefficient (Wildman–Crippen LogP) is 4.65. The van der Waals surface area contributed by atoms with Crippen molar-refractivity contribution in [3.63, 3.8) is 0 Å². The lowest BCUT2D eigenvalue weighted by Gasteiger charge is -2.19. The molecule has 0 aliphatic carbocycles. The van der Waals surface area contributed by atoms with Gasteiger partial charge in [-0.05, 0) is 68.5 Å². The number of hydrogen-bond donors (Lipinski definition) is 2. The minimum Gasteiger partial charge on any atom is -0.352 e. The highest BCUT2D eigenvalue weighted by Crippen LogP contribution is 2.24. The van der Waals surface area contributed by atoms with Gasteiger partial charge >= 0.3 is 0 Å². The summed E-state index contributed by atoms with van der Waals surface area (Å²) in [6, 6.07) is 8.49. The summed E-state index contributed by atoms with van der Waals surface area (Å²) in [5.74, 6) is -0.383. The van der Waals surface area contributed by atoms with Crippen LogP contribution >= 0.6 is 22.9 Å². The second-order valence-corrected chi connectivity index (χ2v) is 8.35. The van der Waals surface area contributed by atoms with Gasteiger partial charge in [0.05, 0.1) is 15.6 Å². The van der Waals surface area contributed by atoms with E-state index < -0.39 is 0 Å². The summed E-state index contributed by atoms with van der Waals surface area (Å²) in [6.07, 6.45) is 6.14. The van der Waals surface area contributed by atoms with Gasteiger partial charge < -0.3 is 15.5 Å². The SMILES string of the molecule is O=C(NCCCN1CCCCCC1)c1ccc(Cl)c(NC(=O)c2cccs2)c1. The fourth-order valence-electron chi connectivity index (χ4n) is 3.32. The molecule has 1 aromatic heterocycles. The molecule has 1 aliphatic heterocycles. The molecule has 0 spiro atoms. The van der Waals surface area contributed by atoms with Gasteiger partial charge in [-0.25, -0.2) is 0 Å². The van der Waals surface area contributed by atoms with Crippen LogP contribution in [0.25, 0.3) is 0 Å². The van der Waals surface area contributed by atoms with Crippen LogP contribution in [0.2, 0.25) is 5.02 Å². The Labute approximate surface area is 175 Å². The van der Waals surface area contributed by atoms with Gasteiger partial charge in [-0.1, -0.05) is 30.5 Å². The molecule has 2 heterocycles. The molecule has 1 saturated heterocycles. The van der Waals surface area contributed by atoms with E-state index in [4.69, 9.17) is 11.6 Å². The average molecular weight is 420 g/mol. The first-order chi connectivity index (χ1) is 13.6. The summed E-state index contributed by atoms with van der Waals surface area (Å²) in [4.78, 5) is 27.8. The molecular formula is C21H26ClN3O2S. The van der Waals surface area contributed by atoms with E-state index >= 15 is 0 Å². The monoisotopic (exact) mass is 419 g/mol. The van der Waals surface area contributed by atoms with Crippen LogP contribution in [0.4, 0.5) is 5.69 Å². The molecule has 3 rings (SSSR count). The van der Waals surface area contributed by atoms with Crippen molar-refractivity contribution in [2.45, 2.75) is 32.1 Å². The Morgan fingerprint density at radius 3 is 2.57 bits per heavy atom. The number of thiophene rings is 1. The second kappa shape index (κ2) is 10.6. The molecule has 5 nitrogen and oxygen atoms in total. The maximum absolute atomic E-state index is 12.5. The van der Waals surface area contributed by atoms with Gasteiger partial charge in [-0.2, -0.15) is 0 Å². The summed E-state index contributed by atoms with van der Waals surface area (Å²) < 4.78 is 0. The van der Waals surface area contributed by atoms with Crippen molar-refractivity contribution < 1.29 is 9.59 Å². The highest BCUT2D eigenvalue weighted by molar-refractivity contribution is 7.12. The summed E-state index contributed by atoms with van der Waals surface area (Å²) in [5, 5.41) is 7.98. The minimum absolute atomic E-state index is 0.154. The van der Waals surface area contributed by atoms with Crippen LogP contribution in [0.1, 0.15) is 52.1 Å². The number of benzene rings is 1. The fourth-order valence-corrected chi connectivity index (χ4v) is 4.10. The summed E-state index contributed by atoms with van der Waals surface area (Å²) >= 11 is 7.54. The zero-order chi connectivity index (χ0) is 19.8. The van der Waals surface area contributed by atoms with Crippen LogP contribution in [0.5, 0.6) is 0 Å². The molecule has 2 amide bonds. The zero-order valence-electron chi connectivity index (χ0n) is 15.9. The lowest BCUT2D eigenvalue weighted by molar-refractivity contribution is 0.0950. The van der Waals surface area contributed by atoms with Crippen LogP contribution in [0, 0.1) is 0 Å². The predicted molar refractivity (Wildman–Crippen MR) is 116 cm³/mol. The van der Waals surface area contributed by atoms with Crippen molar-refractivity contribution in [2.75, 3.05) is 31.5 Å². The lowest BCUT2D eigenvalue weighted by Crippen LogP contribution is -2.30. The molecule has 28 heavy (non-hydrogen) atoms. The third kappa shape index (κ3) is 6.06. The molecular weight excluding hydrogens is 394 g/mol. The Bertz CT molecular complexity index is 787. The van der Waals surface area contributed by atoms with Crippen molar-refractivity contribution in [3.05, 3.63) is 51.2 Å². The molecule has 0 radical (unpaired) electrons. The smallest absolute Gasteiger partial charge is 0.265 e. The Kier molecular flexibility index (Phi) is 7.89. The highest BCUT2D eigenvalue weighted by atomic mass is 35.5. The Morgan fingerprint density at radius 1 is 1.07 bits per heavy atom. The van der Waals surface area contributed by atoms with Crippen molar-refractivity contribution in [1.29, 1.82) is 0 Å². The molecule has 0 unspecified atom stereocenters. The lowest BCUT2D eigenvalue weighted by atomic mass is 10.2. The molecule has 2 aromatic rings. The number of nitrogens with zero attached hydrogens (tertiary/aromatic N) is 1. The van der Waals surface area contributed by atoms with E-state index in [1.54, 1.807) is 24.3 Å². The van der Waals surface area contributed by atoms with Crippen molar-refractivity contribution >= 4 is 40.4 Å². The van der Waals surface area contributed by atoms with Crippen LogP contribution in [-0.4, -0.2) is 42.9 Å². The molecule has 0 bridgehead atoms. The maximum atomic E-state index is 12.5. The molecule has 2 N–H and O–H groups in total. The largest absolute Gasteiger partial charge is 0.352 e. The van der Waals surface area contributed by atoms with E-state index in [1.165, 1.54) is 50.1 Å². The van der Waals surface area contributed by atoms with E-state index in [-0.39, 0.29) is 11.8 Å². The molecule has 1 aliphatic rings. The number of amides is 2. The van der Waals surface area contributed by atoms with Crippen LogP contribution in [-0.2, 0) is 0 Å². The summed E-state index contributed by atoms with van der Waals surface area (Å²) in [5.41, 5.74) is 0.929. The van der Waals surface area contributed by atoms with E-state index in [1.807, 2.05) is 11.4 Å². The first kappa shape index (κ1) is 20.8. The van der Waals surface area contributed by atoms with Gasteiger partial charge in [0.15, 0.2) is 0 Å². The zero-order valence-corrected chi connectivity index (χ0v) is 17.5. The van der Waals surface area contributed by atoms with E-state index in [9.17, 15) is 9.59 Å². The van der Waals surface area contributed by atoms with E-state index in [0.29, 0.717) is 27.7 Å². The van der Waals surface area contributed by atoms with Gasteiger partial charge in [0.2, 0.25) is 0 Å². The van der Waals surface area contributed by atoms with Gasteiger partial charge in [0, 0.05) is 12.1 Å². The standard InChI is InChI=1S/C21H26ClN3O2S/c22-17-9-8-16(15-18(17)24-21(27)19-7-5-14-28-19)20(26)23-10-6-13-25-11-3-1-2-4-12-25/h5,7-9,14-15H,1-4,6,10-13H2,(H,23,26)(H,24,27). The second-order valence-electron chi connectivity index (χ2n) is 6.99. The van der Waals surface area contributed by atoms with Crippen LogP contribution in [0.15, 0.2) is 35.7 Å². The molecule has 7 heteroatoms. The number of hydrogen-bond acceptors (Lipinski definition) is 4. The summed E-state index contributed by atoms with van der Waals surface area (Å²) in [7, 11) is 0. The van der Waals surface area contributed by atoms with Crippen molar-refractivity contribution in [3.8, 4) is 0 Å². The number of halogens is 1. The number of rotatable bonds is 7. The summed E-state index contributed by atoms with van der Waals surface area (Å²) in [6.45, 7) is 3.98. The maximum Gasteiger partial charge on any atom is 0.265 e. The molecule has 0 atom stereocenters. The van der Waals surface area contributed by atoms with Crippen molar-refractivity contribution in [2.24, 2.45) is 0 Å². The fraction of sp³-hybridized carbons (Fsp3) is 0.429. The van der Waals surface area contributed by atoms with Gasteiger partial charge in [0.25, 0.3) is 11.8 Å². The number of carbonyl (C=O) groups is 2. The van der Waals surface area contributed by atoms with E-state index in [2.05, 4.69) is 15.5 Å². The van der Waals surface area contributed by atoms with E-state index in [0.717, 1.165) is 13.0 Å². The van der Waals surface area contributed by atoms with Crippen LogP contribution < -0.4 is 10.6 Å². The first-order valence-electron chi connectivity index (χ1n) is 9.78. The quantitative estimate of drug-likeness (QED) is 0.642. The normalized spacial score (nSPS) is 15.0. The van der Waals surface area contributed by atoms with Crippen LogP contribution in [0.3, 0.4) is 0 Å². The van der Waals surface area contributed by atoms with Gasteiger partial charge in [0.1, 0.15) is 0 Å².